The number of ether oxygens (including phenoxy) is 1. The van der Waals surface area contributed by atoms with Crippen LogP contribution in [0.1, 0.15) is 18.1 Å². The number of aromatic nitrogens is 4. The fourth-order valence-electron chi connectivity index (χ4n) is 2.27. The summed E-state index contributed by atoms with van der Waals surface area (Å²) in [6.45, 7) is 2.51. The molecule has 0 aliphatic heterocycles. The first-order valence-electron chi connectivity index (χ1n) is 8.40. The molecule has 0 bridgehead atoms. The lowest BCUT2D eigenvalue weighted by Gasteiger charge is -2.12. The monoisotopic (exact) mass is 390 g/mol. The Morgan fingerprint density at radius 1 is 1.04 bits per heavy atom. The average Bonchev–Trinajstić information content (AvgIpc) is 2.67. The Labute approximate surface area is 159 Å². The van der Waals surface area contributed by atoms with Crippen molar-refractivity contribution in [1.82, 2.24) is 19.9 Å². The van der Waals surface area contributed by atoms with Crippen molar-refractivity contribution in [3.63, 3.8) is 0 Å². The summed E-state index contributed by atoms with van der Waals surface area (Å²) in [7, 11) is 0. The molecule has 0 amide bonds. The molecule has 0 spiro atoms. The molecule has 0 saturated carbocycles. The van der Waals surface area contributed by atoms with E-state index in [-0.39, 0.29) is 23.6 Å². The summed E-state index contributed by atoms with van der Waals surface area (Å²) in [6.07, 6.45) is -1.08. The molecule has 2 heterocycles. The highest BCUT2D eigenvalue weighted by molar-refractivity contribution is 5.55. The van der Waals surface area contributed by atoms with Crippen LogP contribution in [0.4, 0.5) is 30.8 Å². The summed E-state index contributed by atoms with van der Waals surface area (Å²) >= 11 is 0. The molecule has 2 aromatic heterocycles. The van der Waals surface area contributed by atoms with Gasteiger partial charge < -0.3 is 15.4 Å². The Balaban J connectivity index is 1.81. The summed E-state index contributed by atoms with van der Waals surface area (Å²) in [6, 6.07) is 8.50. The van der Waals surface area contributed by atoms with Crippen LogP contribution in [0.15, 0.2) is 48.8 Å². The van der Waals surface area contributed by atoms with Crippen molar-refractivity contribution in [1.29, 1.82) is 0 Å². The Kier molecular flexibility index (Phi) is 5.87. The van der Waals surface area contributed by atoms with Gasteiger partial charge in [-0.1, -0.05) is 12.1 Å². The Hall–Kier alpha value is -3.43. The number of benzene rings is 1. The Bertz CT molecular complexity index is 921. The maximum absolute atomic E-state index is 12.9. The average molecular weight is 390 g/mol. The molecule has 1 aromatic carbocycles. The summed E-state index contributed by atoms with van der Waals surface area (Å²) in [5, 5.41) is 5.78. The fourth-order valence-corrected chi connectivity index (χ4v) is 2.27. The molecule has 7 nitrogen and oxygen atoms in total. The molecule has 0 atom stereocenters. The highest BCUT2D eigenvalue weighted by Crippen LogP contribution is 2.31. The minimum atomic E-state index is -4.44. The summed E-state index contributed by atoms with van der Waals surface area (Å²) in [5.41, 5.74) is 0.335. The van der Waals surface area contributed by atoms with Crippen LogP contribution in [0.5, 0.6) is 6.01 Å². The van der Waals surface area contributed by atoms with Gasteiger partial charge in [0.05, 0.1) is 12.2 Å². The van der Waals surface area contributed by atoms with Gasteiger partial charge in [-0.3, -0.25) is 4.98 Å². The number of nitrogens with zero attached hydrogens (tertiary/aromatic N) is 4. The third-order valence-electron chi connectivity index (χ3n) is 3.51. The maximum atomic E-state index is 12.9. The zero-order valence-electron chi connectivity index (χ0n) is 14.9. The normalized spacial score (nSPS) is 11.1. The van der Waals surface area contributed by atoms with Crippen LogP contribution in [0, 0.1) is 0 Å². The van der Waals surface area contributed by atoms with E-state index in [0.29, 0.717) is 13.2 Å². The van der Waals surface area contributed by atoms with Crippen molar-refractivity contribution in [2.24, 2.45) is 0 Å². The van der Waals surface area contributed by atoms with E-state index >= 15 is 0 Å². The van der Waals surface area contributed by atoms with Crippen molar-refractivity contribution in [2.75, 3.05) is 17.2 Å². The molecule has 0 aliphatic carbocycles. The second kappa shape index (κ2) is 8.51. The van der Waals surface area contributed by atoms with E-state index in [1.165, 1.54) is 12.1 Å². The van der Waals surface area contributed by atoms with Crippen molar-refractivity contribution in [3.8, 4) is 6.01 Å². The van der Waals surface area contributed by atoms with E-state index in [4.69, 9.17) is 4.74 Å². The Morgan fingerprint density at radius 3 is 2.57 bits per heavy atom. The van der Waals surface area contributed by atoms with Gasteiger partial charge in [-0.15, -0.1) is 0 Å². The van der Waals surface area contributed by atoms with Crippen LogP contribution in [-0.2, 0) is 12.7 Å². The summed E-state index contributed by atoms with van der Waals surface area (Å²) in [5.74, 6) is 0.281. The number of halogens is 3. The number of hydrogen-bond donors (Lipinski definition) is 2. The molecule has 3 rings (SSSR count). The van der Waals surface area contributed by atoms with E-state index in [0.717, 1.165) is 17.7 Å². The maximum Gasteiger partial charge on any atom is 0.416 e. The fraction of sp³-hybridized carbons (Fsp3) is 0.222. The second-order valence-corrected chi connectivity index (χ2v) is 5.62. The first-order valence-corrected chi connectivity index (χ1v) is 8.40. The lowest BCUT2D eigenvalue weighted by molar-refractivity contribution is -0.137. The molecule has 0 radical (unpaired) electrons. The molecular formula is C18H17F3N6O. The molecule has 10 heteroatoms. The van der Waals surface area contributed by atoms with E-state index < -0.39 is 11.7 Å². The van der Waals surface area contributed by atoms with Crippen LogP contribution < -0.4 is 15.4 Å². The van der Waals surface area contributed by atoms with E-state index in [1.807, 2.05) is 6.07 Å². The third kappa shape index (κ3) is 5.29. The van der Waals surface area contributed by atoms with Crippen LogP contribution >= 0.6 is 0 Å². The van der Waals surface area contributed by atoms with Gasteiger partial charge >= 0.3 is 12.2 Å². The van der Waals surface area contributed by atoms with Gasteiger partial charge in [0.1, 0.15) is 0 Å². The number of nitrogens with one attached hydrogen (secondary N) is 2. The van der Waals surface area contributed by atoms with Crippen molar-refractivity contribution < 1.29 is 17.9 Å². The zero-order chi connectivity index (χ0) is 20.0. The smallest absolute Gasteiger partial charge is 0.416 e. The third-order valence-corrected chi connectivity index (χ3v) is 3.51. The van der Waals surface area contributed by atoms with E-state index in [2.05, 4.69) is 30.6 Å². The van der Waals surface area contributed by atoms with Crippen molar-refractivity contribution in [3.05, 3.63) is 59.9 Å². The van der Waals surface area contributed by atoms with E-state index in [1.54, 1.807) is 25.4 Å². The molecule has 0 fully saturated rings. The number of hydrogen-bond acceptors (Lipinski definition) is 7. The standard InChI is InChI=1S/C18H17F3N6O/c1-2-28-17-26-15(23-11-12-5-4-8-22-10-12)25-16(27-17)24-14-7-3-6-13(9-14)18(19,20)21/h3-10H,2,11H2,1H3,(H2,23,24,25,26,27). The van der Waals surface area contributed by atoms with Crippen LogP contribution in [0.3, 0.4) is 0 Å². The molecule has 0 unspecified atom stereocenters. The lowest BCUT2D eigenvalue weighted by atomic mass is 10.2. The second-order valence-electron chi connectivity index (χ2n) is 5.62. The molecule has 28 heavy (non-hydrogen) atoms. The summed E-state index contributed by atoms with van der Waals surface area (Å²) in [4.78, 5) is 16.4. The number of alkyl halides is 3. The number of pyridine rings is 1. The molecular weight excluding hydrogens is 373 g/mol. The number of rotatable bonds is 7. The molecule has 0 saturated heterocycles. The van der Waals surface area contributed by atoms with Gasteiger partial charge in [-0.2, -0.15) is 28.1 Å². The molecule has 2 N–H and O–H groups in total. The van der Waals surface area contributed by atoms with Crippen molar-refractivity contribution >= 4 is 17.6 Å². The predicted molar refractivity (Wildman–Crippen MR) is 97.3 cm³/mol. The first-order chi connectivity index (χ1) is 13.4. The van der Waals surface area contributed by atoms with E-state index in [9.17, 15) is 13.2 Å². The highest BCUT2D eigenvalue weighted by Gasteiger charge is 2.30. The van der Waals surface area contributed by atoms with Gasteiger partial charge in [0.15, 0.2) is 0 Å². The van der Waals surface area contributed by atoms with Crippen LogP contribution in [-0.4, -0.2) is 26.5 Å². The van der Waals surface area contributed by atoms with Gasteiger partial charge in [0.2, 0.25) is 11.9 Å². The SMILES string of the molecule is CCOc1nc(NCc2cccnc2)nc(Nc2cccc(C(F)(F)F)c2)n1. The number of anilines is 3. The highest BCUT2D eigenvalue weighted by atomic mass is 19.4. The van der Waals surface area contributed by atoms with Gasteiger partial charge in [-0.25, -0.2) is 0 Å². The Morgan fingerprint density at radius 2 is 1.86 bits per heavy atom. The molecule has 146 valence electrons. The largest absolute Gasteiger partial charge is 0.464 e. The van der Waals surface area contributed by atoms with Gasteiger partial charge in [0.25, 0.3) is 0 Å². The van der Waals surface area contributed by atoms with Gasteiger partial charge in [0, 0.05) is 24.6 Å². The predicted octanol–water partition coefficient (Wildman–Crippen LogP) is 4.04. The lowest BCUT2D eigenvalue weighted by Crippen LogP contribution is -2.10. The minimum absolute atomic E-state index is 0.0562. The first kappa shape index (κ1) is 19.3. The topological polar surface area (TPSA) is 84.8 Å². The van der Waals surface area contributed by atoms with Gasteiger partial charge in [-0.05, 0) is 36.8 Å². The minimum Gasteiger partial charge on any atom is -0.464 e. The quantitative estimate of drug-likeness (QED) is 0.630. The molecule has 3 aromatic rings. The zero-order valence-corrected chi connectivity index (χ0v) is 14.9. The molecule has 0 aliphatic rings. The van der Waals surface area contributed by atoms with Crippen LogP contribution in [0.25, 0.3) is 0 Å². The van der Waals surface area contributed by atoms with Crippen molar-refractivity contribution in [2.45, 2.75) is 19.6 Å². The summed E-state index contributed by atoms with van der Waals surface area (Å²) < 4.78 is 44.0. The van der Waals surface area contributed by atoms with Crippen LogP contribution in [0.2, 0.25) is 0 Å².